The van der Waals surface area contributed by atoms with Gasteiger partial charge in [0, 0.05) is 0 Å². The van der Waals surface area contributed by atoms with Crippen molar-refractivity contribution < 1.29 is 27.6 Å². The highest BCUT2D eigenvalue weighted by atomic mass is 79.9. The summed E-state index contributed by atoms with van der Waals surface area (Å²) in [5.74, 6) is -1.99. The number of carbonyl (C=O) groups excluding carboxylic acids is 1. The number of halogens is 4. The van der Waals surface area contributed by atoms with Crippen molar-refractivity contribution in [2.24, 2.45) is 5.41 Å². The van der Waals surface area contributed by atoms with Crippen molar-refractivity contribution in [1.82, 2.24) is 14.9 Å². The molecule has 0 aliphatic rings. The highest BCUT2D eigenvalue weighted by Crippen LogP contribution is 2.19. The van der Waals surface area contributed by atoms with Gasteiger partial charge in [-0.1, -0.05) is 25.3 Å². The van der Waals surface area contributed by atoms with Gasteiger partial charge in [-0.25, -0.2) is 9.89 Å². The minimum atomic E-state index is -4.64. The lowest BCUT2D eigenvalue weighted by Crippen LogP contribution is -2.47. The minimum Gasteiger partial charge on any atom is -0.477 e. The molecule has 2 aromatic rings. The summed E-state index contributed by atoms with van der Waals surface area (Å²) in [7, 11) is 0. The Labute approximate surface area is 148 Å². The Morgan fingerprint density at radius 2 is 2.00 bits per heavy atom. The molecule has 0 fully saturated rings. The lowest BCUT2D eigenvalue weighted by Gasteiger charge is -2.17. The molecular formula is C14H17BrF3N4O3+. The average Bonchev–Trinajstić information content (AvgIpc) is 2.82. The largest absolute Gasteiger partial charge is 0.477 e. The van der Waals surface area contributed by atoms with Gasteiger partial charge in [0.25, 0.3) is 5.91 Å². The van der Waals surface area contributed by atoms with E-state index < -0.39 is 35.6 Å². The Balaban J connectivity index is 2.64. The first kappa shape index (κ1) is 19.3. The lowest BCUT2D eigenvalue weighted by atomic mass is 9.96. The standard InChI is InChI=1S/C14H16BrF3N4O3/c1-13(2,3)6-21-8-4-7(15)20-22(8)12(25)9(11(21)24)10(23)19-5-14(16,17)18/h4H,5-6H2,1-3H3,(H2,19,23,24,25)/p+1. The number of nitrogens with zero attached hydrogens (tertiary/aromatic N) is 2. The minimum absolute atomic E-state index is 0.215. The average molecular weight is 426 g/mol. The third-order valence-corrected chi connectivity index (χ3v) is 3.59. The van der Waals surface area contributed by atoms with Gasteiger partial charge in [0.2, 0.25) is 5.56 Å². The second-order valence-corrected chi connectivity index (χ2v) is 7.60. The van der Waals surface area contributed by atoms with Crippen LogP contribution in [0.15, 0.2) is 15.5 Å². The maximum atomic E-state index is 12.4. The predicted molar refractivity (Wildman–Crippen MR) is 85.4 cm³/mol. The van der Waals surface area contributed by atoms with Gasteiger partial charge in [0.1, 0.15) is 11.1 Å². The van der Waals surface area contributed by atoms with Crippen LogP contribution in [0.3, 0.4) is 0 Å². The van der Waals surface area contributed by atoms with E-state index >= 15 is 0 Å². The summed E-state index contributed by atoms with van der Waals surface area (Å²) >= 11 is 3.16. The SMILES string of the molecule is CC(C)(C)C[n+]1c(O)c(C(=O)NCC(F)(F)F)c(=O)n2[nH]c(Br)cc21. The van der Waals surface area contributed by atoms with Gasteiger partial charge in [0.15, 0.2) is 0 Å². The fourth-order valence-corrected chi connectivity index (χ4v) is 2.66. The van der Waals surface area contributed by atoms with Gasteiger partial charge < -0.3 is 10.4 Å². The van der Waals surface area contributed by atoms with E-state index in [4.69, 9.17) is 0 Å². The van der Waals surface area contributed by atoms with Crippen LogP contribution in [0.1, 0.15) is 31.1 Å². The maximum Gasteiger partial charge on any atom is 0.405 e. The van der Waals surface area contributed by atoms with Gasteiger partial charge in [-0.3, -0.25) is 4.79 Å². The van der Waals surface area contributed by atoms with Gasteiger partial charge in [-0.15, -0.1) is 0 Å². The molecule has 138 valence electrons. The number of hydrogen-bond donors (Lipinski definition) is 3. The highest BCUT2D eigenvalue weighted by Gasteiger charge is 2.34. The zero-order valence-corrected chi connectivity index (χ0v) is 15.2. The van der Waals surface area contributed by atoms with E-state index in [1.165, 1.54) is 10.6 Å². The quantitative estimate of drug-likeness (QED) is 0.653. The summed E-state index contributed by atoms with van der Waals surface area (Å²) in [4.78, 5) is 24.5. The number of alkyl halides is 3. The van der Waals surface area contributed by atoms with Crippen LogP contribution in [0.4, 0.5) is 13.2 Å². The van der Waals surface area contributed by atoms with E-state index in [2.05, 4.69) is 21.0 Å². The van der Waals surface area contributed by atoms with E-state index in [1.807, 2.05) is 20.8 Å². The van der Waals surface area contributed by atoms with Crippen molar-refractivity contribution in [1.29, 1.82) is 0 Å². The normalized spacial score (nSPS) is 12.6. The number of nitrogens with one attached hydrogen (secondary N) is 2. The van der Waals surface area contributed by atoms with Crippen LogP contribution < -0.4 is 15.4 Å². The number of aromatic hydroxyl groups is 1. The molecule has 2 aromatic heterocycles. The predicted octanol–water partition coefficient (Wildman–Crippen LogP) is 1.72. The van der Waals surface area contributed by atoms with Gasteiger partial charge >= 0.3 is 23.3 Å². The van der Waals surface area contributed by atoms with Gasteiger partial charge in [-0.05, 0) is 21.3 Å². The van der Waals surface area contributed by atoms with Crippen LogP contribution in [-0.2, 0) is 6.54 Å². The van der Waals surface area contributed by atoms with Crippen LogP contribution in [0.25, 0.3) is 5.65 Å². The zero-order valence-electron chi connectivity index (χ0n) is 13.7. The number of hydrogen-bond acceptors (Lipinski definition) is 3. The van der Waals surface area contributed by atoms with Gasteiger partial charge in [0.05, 0.1) is 12.6 Å². The van der Waals surface area contributed by atoms with Crippen molar-refractivity contribution >= 4 is 27.5 Å². The van der Waals surface area contributed by atoms with Crippen molar-refractivity contribution in [3.63, 3.8) is 0 Å². The topological polar surface area (TPSA) is 90.5 Å². The molecule has 25 heavy (non-hydrogen) atoms. The summed E-state index contributed by atoms with van der Waals surface area (Å²) in [6.45, 7) is 4.21. The van der Waals surface area contributed by atoms with E-state index in [1.54, 1.807) is 5.32 Å². The molecule has 2 rings (SSSR count). The van der Waals surface area contributed by atoms with Crippen molar-refractivity contribution in [2.75, 3.05) is 6.54 Å². The summed E-state index contributed by atoms with van der Waals surface area (Å²) in [5.41, 5.74) is -1.80. The van der Waals surface area contributed by atoms with Crippen LogP contribution >= 0.6 is 15.9 Å². The Kier molecular flexibility index (Phi) is 4.90. The lowest BCUT2D eigenvalue weighted by molar-refractivity contribution is -0.692. The maximum absolute atomic E-state index is 12.4. The third kappa shape index (κ3) is 4.33. The van der Waals surface area contributed by atoms with E-state index in [-0.39, 0.29) is 17.6 Å². The summed E-state index contributed by atoms with van der Waals surface area (Å²) in [5, 5.41) is 14.7. The van der Waals surface area contributed by atoms with E-state index in [0.717, 1.165) is 4.52 Å². The third-order valence-electron chi connectivity index (χ3n) is 3.19. The molecule has 2 heterocycles. The molecule has 0 atom stereocenters. The monoisotopic (exact) mass is 425 g/mol. The molecule has 7 nitrogen and oxygen atoms in total. The number of aromatic amines is 1. The summed E-state index contributed by atoms with van der Waals surface area (Å²) in [6.07, 6.45) is -4.64. The summed E-state index contributed by atoms with van der Waals surface area (Å²) in [6, 6.07) is 1.52. The number of amides is 1. The number of carbonyl (C=O) groups is 1. The zero-order chi connectivity index (χ0) is 19.2. The molecule has 0 bridgehead atoms. The van der Waals surface area contributed by atoms with Crippen LogP contribution in [-0.4, -0.2) is 33.3 Å². The summed E-state index contributed by atoms with van der Waals surface area (Å²) < 4.78 is 39.6. The Morgan fingerprint density at radius 1 is 1.40 bits per heavy atom. The molecule has 0 saturated carbocycles. The Hall–Kier alpha value is -2.04. The molecule has 0 aliphatic heterocycles. The molecular weight excluding hydrogens is 409 g/mol. The molecule has 0 aliphatic carbocycles. The van der Waals surface area contributed by atoms with E-state index in [0.29, 0.717) is 4.60 Å². The van der Waals surface area contributed by atoms with Gasteiger partial charge in [-0.2, -0.15) is 17.7 Å². The van der Waals surface area contributed by atoms with Crippen molar-refractivity contribution in [3.8, 4) is 5.88 Å². The van der Waals surface area contributed by atoms with Crippen LogP contribution in [0.2, 0.25) is 0 Å². The second-order valence-electron chi connectivity index (χ2n) is 6.75. The Morgan fingerprint density at radius 3 is 2.52 bits per heavy atom. The number of fused-ring (bicyclic) bond motifs is 1. The smallest absolute Gasteiger partial charge is 0.405 e. The van der Waals surface area contributed by atoms with Crippen molar-refractivity contribution in [2.45, 2.75) is 33.5 Å². The Bertz CT molecular complexity index is 881. The molecule has 1 amide bonds. The first-order valence-corrected chi connectivity index (χ1v) is 8.00. The fourth-order valence-electron chi connectivity index (χ4n) is 2.28. The molecule has 0 saturated heterocycles. The second kappa shape index (κ2) is 6.36. The molecule has 0 unspecified atom stereocenters. The van der Waals surface area contributed by atoms with Crippen LogP contribution in [0, 0.1) is 5.41 Å². The first-order valence-electron chi connectivity index (χ1n) is 7.21. The highest BCUT2D eigenvalue weighted by molar-refractivity contribution is 9.10. The molecule has 0 aromatic carbocycles. The number of aromatic nitrogens is 3. The molecule has 3 N–H and O–H groups in total. The number of rotatable bonds is 3. The molecule has 11 heteroatoms. The van der Waals surface area contributed by atoms with Crippen LogP contribution in [0.5, 0.6) is 5.88 Å². The fraction of sp³-hybridized carbons (Fsp3) is 0.500. The number of H-pyrrole nitrogens is 1. The molecule has 0 spiro atoms. The molecule has 0 radical (unpaired) electrons. The first-order chi connectivity index (χ1) is 11.3. The van der Waals surface area contributed by atoms with E-state index in [9.17, 15) is 27.9 Å². The van der Waals surface area contributed by atoms with Crippen molar-refractivity contribution in [3.05, 3.63) is 26.6 Å².